The first kappa shape index (κ1) is 15.0. The van der Waals surface area contributed by atoms with Gasteiger partial charge in [-0.05, 0) is 12.0 Å². The lowest BCUT2D eigenvalue weighted by atomic mass is 9.94. The Morgan fingerprint density at radius 1 is 1.06 bits per heavy atom. The van der Waals surface area contributed by atoms with Gasteiger partial charge in [0.05, 0.1) is 5.92 Å². The predicted octanol–water partition coefficient (Wildman–Crippen LogP) is 5.16. The van der Waals surface area contributed by atoms with Crippen molar-refractivity contribution in [3.63, 3.8) is 0 Å². The lowest BCUT2D eigenvalue weighted by Crippen LogP contribution is -2.20. The van der Waals surface area contributed by atoms with Crippen molar-refractivity contribution in [1.29, 1.82) is 0 Å². The molecular weight excluding hydrogens is 213 g/mol. The van der Waals surface area contributed by atoms with Gasteiger partial charge in [-0.3, -0.25) is 0 Å². The van der Waals surface area contributed by atoms with Gasteiger partial charge in [-0.15, -0.1) is 0 Å². The normalized spacial score (nSPS) is 12.6. The van der Waals surface area contributed by atoms with Crippen LogP contribution in [-0.4, -0.2) is 6.18 Å². The number of hydrogen-bond acceptors (Lipinski definition) is 0. The van der Waals surface area contributed by atoms with Crippen LogP contribution in [0.4, 0.5) is 13.2 Å². The standard InChI is InChI=1S/C11H13F3.C2H6/c1-2-6-10(11(12,13)14)9-7-4-3-5-8-9;1-2/h3-5,7-8,10H,2,6H2,1H3;1-2H3. The maximum Gasteiger partial charge on any atom is 0.395 e. The molecule has 0 aliphatic carbocycles. The molecule has 0 radical (unpaired) electrons. The molecule has 0 N–H and O–H groups in total. The molecule has 0 amide bonds. The minimum atomic E-state index is -4.13. The van der Waals surface area contributed by atoms with Crippen LogP contribution in [-0.2, 0) is 0 Å². The van der Waals surface area contributed by atoms with E-state index in [4.69, 9.17) is 0 Å². The Morgan fingerprint density at radius 2 is 1.56 bits per heavy atom. The molecule has 1 aromatic rings. The molecule has 0 saturated carbocycles. The lowest BCUT2D eigenvalue weighted by molar-refractivity contribution is -0.152. The van der Waals surface area contributed by atoms with Gasteiger partial charge < -0.3 is 0 Å². The van der Waals surface area contributed by atoms with Gasteiger partial charge in [0.1, 0.15) is 0 Å². The average Bonchev–Trinajstić information content (AvgIpc) is 2.28. The Morgan fingerprint density at radius 3 is 1.94 bits per heavy atom. The quantitative estimate of drug-likeness (QED) is 0.675. The summed E-state index contributed by atoms with van der Waals surface area (Å²) in [6.07, 6.45) is -3.43. The number of halogens is 3. The maximum atomic E-state index is 12.6. The first-order valence-corrected chi connectivity index (χ1v) is 5.67. The van der Waals surface area contributed by atoms with E-state index in [1.807, 2.05) is 13.8 Å². The molecular formula is C13H19F3. The Balaban J connectivity index is 0.00000106. The average molecular weight is 232 g/mol. The van der Waals surface area contributed by atoms with Crippen LogP contribution in [0.25, 0.3) is 0 Å². The summed E-state index contributed by atoms with van der Waals surface area (Å²) in [5, 5.41) is 0. The van der Waals surface area contributed by atoms with Crippen LogP contribution in [0.2, 0.25) is 0 Å². The monoisotopic (exact) mass is 232 g/mol. The van der Waals surface area contributed by atoms with E-state index in [0.29, 0.717) is 12.0 Å². The number of benzene rings is 1. The zero-order chi connectivity index (χ0) is 12.6. The summed E-state index contributed by atoms with van der Waals surface area (Å²) in [5.74, 6) is -1.31. The van der Waals surface area contributed by atoms with E-state index in [2.05, 4.69) is 0 Å². The van der Waals surface area contributed by atoms with Crippen molar-refractivity contribution < 1.29 is 13.2 Å². The van der Waals surface area contributed by atoms with E-state index < -0.39 is 12.1 Å². The Hall–Kier alpha value is -0.990. The van der Waals surface area contributed by atoms with Crippen LogP contribution in [0, 0.1) is 0 Å². The molecule has 92 valence electrons. The fraction of sp³-hybridized carbons (Fsp3) is 0.538. The van der Waals surface area contributed by atoms with Gasteiger partial charge >= 0.3 is 6.18 Å². The van der Waals surface area contributed by atoms with E-state index in [0.717, 1.165) is 0 Å². The van der Waals surface area contributed by atoms with Crippen LogP contribution in [0.3, 0.4) is 0 Å². The number of alkyl halides is 3. The fourth-order valence-electron chi connectivity index (χ4n) is 1.49. The van der Waals surface area contributed by atoms with Crippen molar-refractivity contribution in [1.82, 2.24) is 0 Å². The SMILES string of the molecule is CC.CCCC(c1ccccc1)C(F)(F)F. The summed E-state index contributed by atoms with van der Waals surface area (Å²) < 4.78 is 37.8. The van der Waals surface area contributed by atoms with Crippen molar-refractivity contribution >= 4 is 0 Å². The summed E-state index contributed by atoms with van der Waals surface area (Å²) in [7, 11) is 0. The summed E-state index contributed by atoms with van der Waals surface area (Å²) in [6.45, 7) is 5.77. The first-order valence-electron chi connectivity index (χ1n) is 5.67. The third-order valence-electron chi connectivity index (χ3n) is 2.17. The van der Waals surface area contributed by atoms with E-state index in [1.54, 1.807) is 25.1 Å². The van der Waals surface area contributed by atoms with Crippen molar-refractivity contribution in [3.05, 3.63) is 35.9 Å². The second-order valence-electron chi connectivity index (χ2n) is 3.29. The Bertz CT molecular complexity index is 264. The fourth-order valence-corrected chi connectivity index (χ4v) is 1.49. The Kier molecular flexibility index (Phi) is 6.86. The summed E-state index contributed by atoms with van der Waals surface area (Å²) in [6, 6.07) is 8.08. The summed E-state index contributed by atoms with van der Waals surface area (Å²) in [4.78, 5) is 0. The molecule has 0 bridgehead atoms. The van der Waals surface area contributed by atoms with E-state index in [-0.39, 0.29) is 6.42 Å². The van der Waals surface area contributed by atoms with E-state index in [9.17, 15) is 13.2 Å². The van der Waals surface area contributed by atoms with Crippen molar-refractivity contribution in [3.8, 4) is 0 Å². The van der Waals surface area contributed by atoms with E-state index >= 15 is 0 Å². The molecule has 0 heterocycles. The predicted molar refractivity (Wildman–Crippen MR) is 61.5 cm³/mol. The second-order valence-corrected chi connectivity index (χ2v) is 3.29. The van der Waals surface area contributed by atoms with Gasteiger partial charge in [-0.25, -0.2) is 0 Å². The molecule has 1 aromatic carbocycles. The van der Waals surface area contributed by atoms with E-state index in [1.165, 1.54) is 12.1 Å². The highest BCUT2D eigenvalue weighted by atomic mass is 19.4. The van der Waals surface area contributed by atoms with Crippen molar-refractivity contribution in [2.45, 2.75) is 45.7 Å². The molecule has 16 heavy (non-hydrogen) atoms. The highest BCUT2D eigenvalue weighted by Gasteiger charge is 2.39. The van der Waals surface area contributed by atoms with Crippen molar-refractivity contribution in [2.75, 3.05) is 0 Å². The smallest absolute Gasteiger partial charge is 0.170 e. The number of rotatable bonds is 3. The molecule has 3 heteroatoms. The molecule has 0 saturated heterocycles. The van der Waals surface area contributed by atoms with Gasteiger partial charge in [0.25, 0.3) is 0 Å². The molecule has 1 atom stereocenters. The maximum absolute atomic E-state index is 12.6. The summed E-state index contributed by atoms with van der Waals surface area (Å²) >= 11 is 0. The molecule has 0 spiro atoms. The molecule has 1 unspecified atom stereocenters. The van der Waals surface area contributed by atoms with Crippen LogP contribution in [0.1, 0.15) is 45.1 Å². The Labute approximate surface area is 95.5 Å². The van der Waals surface area contributed by atoms with Gasteiger partial charge in [0.15, 0.2) is 0 Å². The molecule has 0 aliphatic rings. The van der Waals surface area contributed by atoms with Gasteiger partial charge in [0, 0.05) is 0 Å². The van der Waals surface area contributed by atoms with Gasteiger partial charge in [0.2, 0.25) is 0 Å². The van der Waals surface area contributed by atoms with Crippen LogP contribution in [0.15, 0.2) is 30.3 Å². The highest BCUT2D eigenvalue weighted by Crippen LogP contribution is 2.37. The van der Waals surface area contributed by atoms with Crippen molar-refractivity contribution in [2.24, 2.45) is 0 Å². The lowest BCUT2D eigenvalue weighted by Gasteiger charge is -2.19. The topological polar surface area (TPSA) is 0 Å². The zero-order valence-corrected chi connectivity index (χ0v) is 10.0. The second kappa shape index (κ2) is 7.31. The summed E-state index contributed by atoms with van der Waals surface area (Å²) in [5.41, 5.74) is 0.363. The highest BCUT2D eigenvalue weighted by molar-refractivity contribution is 5.20. The zero-order valence-electron chi connectivity index (χ0n) is 10.0. The largest absolute Gasteiger partial charge is 0.395 e. The minimum absolute atomic E-state index is 0.160. The minimum Gasteiger partial charge on any atom is -0.170 e. The van der Waals surface area contributed by atoms with Gasteiger partial charge in [-0.1, -0.05) is 57.5 Å². The molecule has 0 fully saturated rings. The first-order chi connectivity index (χ1) is 7.55. The third-order valence-corrected chi connectivity index (χ3v) is 2.17. The molecule has 0 aliphatic heterocycles. The third kappa shape index (κ3) is 4.69. The van der Waals surface area contributed by atoms with Crippen LogP contribution in [0.5, 0.6) is 0 Å². The molecule has 0 nitrogen and oxygen atoms in total. The number of hydrogen-bond donors (Lipinski definition) is 0. The van der Waals surface area contributed by atoms with Gasteiger partial charge in [-0.2, -0.15) is 13.2 Å². The molecule has 1 rings (SSSR count). The van der Waals surface area contributed by atoms with Crippen LogP contribution < -0.4 is 0 Å². The molecule has 0 aromatic heterocycles. The van der Waals surface area contributed by atoms with Crippen LogP contribution >= 0.6 is 0 Å².